The number of aliphatic carboxylic acids is 2. The van der Waals surface area contributed by atoms with E-state index in [-0.39, 0.29) is 24.5 Å². The number of aliphatic hydroxyl groups excluding tert-OH is 2. The van der Waals surface area contributed by atoms with Crippen LogP contribution in [-0.4, -0.2) is 93.9 Å². The normalized spacial score (nSPS) is 10.4. The third-order valence-corrected chi connectivity index (χ3v) is 3.65. The van der Waals surface area contributed by atoms with Gasteiger partial charge in [0, 0.05) is 13.1 Å². The highest BCUT2D eigenvalue weighted by molar-refractivity contribution is 6.03. The molecule has 154 valence electrons. The molecule has 0 unspecified atom stereocenters. The van der Waals surface area contributed by atoms with Crippen molar-refractivity contribution in [2.24, 2.45) is 0 Å². The Balaban J connectivity index is 3.69. The van der Waals surface area contributed by atoms with E-state index in [4.69, 9.17) is 20.4 Å². The number of hydrogen-bond acceptors (Lipinski definition) is 8. The summed E-state index contributed by atoms with van der Waals surface area (Å²) in [5.74, 6) is -5.70. The number of carbonyl (C=O) groups is 4. The Hall–Kier alpha value is -3.38. The van der Waals surface area contributed by atoms with E-state index in [1.54, 1.807) is 0 Å². The van der Waals surface area contributed by atoms with Gasteiger partial charge in [0.2, 0.25) is 0 Å². The van der Waals surface area contributed by atoms with Gasteiger partial charge in [-0.05, 0) is 12.1 Å². The van der Waals surface area contributed by atoms with Gasteiger partial charge < -0.3 is 40.4 Å². The van der Waals surface area contributed by atoms with Crippen molar-refractivity contribution in [2.75, 3.05) is 49.2 Å². The SMILES string of the molecule is O=C(O)CN(CCO)c1cc(C(=O)O)c(N(CCO)CC(=O)O)cc1C(=O)O. The highest BCUT2D eigenvalue weighted by Crippen LogP contribution is 2.31. The van der Waals surface area contributed by atoms with Crippen molar-refractivity contribution in [2.45, 2.75) is 0 Å². The van der Waals surface area contributed by atoms with Crippen LogP contribution in [0.25, 0.3) is 0 Å². The van der Waals surface area contributed by atoms with Gasteiger partial charge in [0.05, 0.1) is 35.7 Å². The summed E-state index contributed by atoms with van der Waals surface area (Å²) in [4.78, 5) is 47.4. The number of benzene rings is 1. The maximum absolute atomic E-state index is 11.7. The molecule has 0 aromatic heterocycles. The highest BCUT2D eigenvalue weighted by atomic mass is 16.4. The maximum atomic E-state index is 11.7. The standard InChI is InChI=1S/C16H20N2O10/c19-3-1-17(7-13(21)22)11-5-10(16(27)28)12(6-9(11)15(25)26)18(2-4-20)8-14(23)24/h5-6,19-20H,1-4,7-8H2,(H,21,22)(H,23,24)(H,25,26)(H,27,28). The largest absolute Gasteiger partial charge is 0.480 e. The van der Waals surface area contributed by atoms with Crippen LogP contribution in [0.5, 0.6) is 0 Å². The number of aliphatic hydroxyl groups is 2. The van der Waals surface area contributed by atoms with Crippen molar-refractivity contribution >= 4 is 35.3 Å². The molecule has 1 aromatic rings. The van der Waals surface area contributed by atoms with E-state index in [0.29, 0.717) is 0 Å². The van der Waals surface area contributed by atoms with Crippen LogP contribution in [-0.2, 0) is 9.59 Å². The molecule has 0 saturated heterocycles. The molecule has 0 atom stereocenters. The number of rotatable bonds is 12. The van der Waals surface area contributed by atoms with E-state index in [1.165, 1.54) is 0 Å². The van der Waals surface area contributed by atoms with Crippen molar-refractivity contribution < 1.29 is 49.8 Å². The second-order valence-corrected chi connectivity index (χ2v) is 5.57. The fourth-order valence-corrected chi connectivity index (χ4v) is 2.58. The first-order chi connectivity index (χ1) is 13.1. The second kappa shape index (κ2) is 10.1. The third-order valence-electron chi connectivity index (χ3n) is 3.65. The summed E-state index contributed by atoms with van der Waals surface area (Å²) >= 11 is 0. The number of nitrogens with zero attached hydrogens (tertiary/aromatic N) is 2. The molecular formula is C16H20N2O10. The lowest BCUT2D eigenvalue weighted by atomic mass is 10.0. The number of carboxylic acids is 4. The van der Waals surface area contributed by atoms with Crippen LogP contribution in [0, 0.1) is 0 Å². The molecule has 0 spiro atoms. The first-order valence-electron chi connectivity index (χ1n) is 7.92. The lowest BCUT2D eigenvalue weighted by molar-refractivity contribution is -0.136. The minimum Gasteiger partial charge on any atom is -0.480 e. The maximum Gasteiger partial charge on any atom is 0.337 e. The highest BCUT2D eigenvalue weighted by Gasteiger charge is 2.26. The fraction of sp³-hybridized carbons (Fsp3) is 0.375. The zero-order chi connectivity index (χ0) is 21.4. The monoisotopic (exact) mass is 400 g/mol. The van der Waals surface area contributed by atoms with Gasteiger partial charge in [0.15, 0.2) is 0 Å². The number of anilines is 2. The molecule has 1 rings (SSSR count). The van der Waals surface area contributed by atoms with Gasteiger partial charge in [0.25, 0.3) is 0 Å². The molecule has 1 aromatic carbocycles. The molecule has 0 bridgehead atoms. The number of aromatic carboxylic acids is 2. The Kier molecular flexibility index (Phi) is 8.16. The summed E-state index contributed by atoms with van der Waals surface area (Å²) in [5.41, 5.74) is -1.49. The molecule has 0 aliphatic heterocycles. The Labute approximate surface area is 158 Å². The van der Waals surface area contributed by atoms with Crippen molar-refractivity contribution in [1.29, 1.82) is 0 Å². The molecule has 28 heavy (non-hydrogen) atoms. The van der Waals surface area contributed by atoms with Crippen LogP contribution < -0.4 is 9.80 Å². The van der Waals surface area contributed by atoms with E-state index in [9.17, 15) is 29.4 Å². The van der Waals surface area contributed by atoms with E-state index < -0.39 is 61.3 Å². The molecule has 6 N–H and O–H groups in total. The van der Waals surface area contributed by atoms with Gasteiger partial charge in [-0.25, -0.2) is 9.59 Å². The van der Waals surface area contributed by atoms with Gasteiger partial charge in [-0.2, -0.15) is 0 Å². The average molecular weight is 400 g/mol. The average Bonchev–Trinajstić information content (AvgIpc) is 2.59. The van der Waals surface area contributed by atoms with Gasteiger partial charge >= 0.3 is 23.9 Å². The van der Waals surface area contributed by atoms with Crippen molar-refractivity contribution in [3.63, 3.8) is 0 Å². The summed E-state index contributed by atoms with van der Waals surface area (Å²) in [6.07, 6.45) is 0. The molecule has 0 saturated carbocycles. The predicted octanol–water partition coefficient (Wildman–Crippen LogP) is -1.15. The number of carboxylic acid groups (broad SMARTS) is 4. The van der Waals surface area contributed by atoms with Gasteiger partial charge in [-0.3, -0.25) is 9.59 Å². The van der Waals surface area contributed by atoms with Gasteiger partial charge in [0.1, 0.15) is 13.1 Å². The van der Waals surface area contributed by atoms with Crippen LogP contribution in [0.15, 0.2) is 12.1 Å². The third kappa shape index (κ3) is 5.82. The van der Waals surface area contributed by atoms with Crippen LogP contribution in [0.3, 0.4) is 0 Å². The smallest absolute Gasteiger partial charge is 0.337 e. The zero-order valence-corrected chi connectivity index (χ0v) is 14.6. The first-order valence-corrected chi connectivity index (χ1v) is 7.92. The molecule has 0 radical (unpaired) electrons. The predicted molar refractivity (Wildman–Crippen MR) is 94.2 cm³/mol. The Bertz CT molecular complexity index is 700. The molecule has 0 amide bonds. The first kappa shape index (κ1) is 22.7. The van der Waals surface area contributed by atoms with Crippen molar-refractivity contribution in [1.82, 2.24) is 0 Å². The summed E-state index contributed by atoms with van der Waals surface area (Å²) in [6.45, 7) is -3.00. The summed E-state index contributed by atoms with van der Waals surface area (Å²) in [6, 6.07) is 1.82. The van der Waals surface area contributed by atoms with E-state index in [2.05, 4.69) is 0 Å². The van der Waals surface area contributed by atoms with Gasteiger partial charge in [-0.15, -0.1) is 0 Å². The Morgan fingerprint density at radius 2 is 1.00 bits per heavy atom. The van der Waals surface area contributed by atoms with Crippen LogP contribution in [0.2, 0.25) is 0 Å². The number of hydrogen-bond donors (Lipinski definition) is 6. The Morgan fingerprint density at radius 3 is 1.21 bits per heavy atom. The van der Waals surface area contributed by atoms with E-state index in [1.807, 2.05) is 0 Å². The minimum absolute atomic E-state index is 0.260. The lowest BCUT2D eigenvalue weighted by Gasteiger charge is -2.28. The molecule has 0 heterocycles. The fourth-order valence-electron chi connectivity index (χ4n) is 2.58. The van der Waals surface area contributed by atoms with Crippen molar-refractivity contribution in [3.05, 3.63) is 23.3 Å². The molecule has 0 aliphatic carbocycles. The molecule has 0 fully saturated rings. The molecule has 0 aliphatic rings. The van der Waals surface area contributed by atoms with Crippen LogP contribution in [0.1, 0.15) is 20.7 Å². The summed E-state index contributed by atoms with van der Waals surface area (Å²) < 4.78 is 0. The van der Waals surface area contributed by atoms with Crippen LogP contribution >= 0.6 is 0 Å². The topological polar surface area (TPSA) is 196 Å². The van der Waals surface area contributed by atoms with E-state index in [0.717, 1.165) is 21.9 Å². The zero-order valence-electron chi connectivity index (χ0n) is 14.6. The van der Waals surface area contributed by atoms with E-state index >= 15 is 0 Å². The summed E-state index contributed by atoms with van der Waals surface area (Å²) in [5, 5.41) is 55.3. The molecule has 12 nitrogen and oxygen atoms in total. The van der Waals surface area contributed by atoms with Crippen molar-refractivity contribution in [3.8, 4) is 0 Å². The molecular weight excluding hydrogens is 380 g/mol. The van der Waals surface area contributed by atoms with Gasteiger partial charge in [-0.1, -0.05) is 0 Å². The lowest BCUT2D eigenvalue weighted by Crippen LogP contribution is -2.35. The van der Waals surface area contributed by atoms with Crippen LogP contribution in [0.4, 0.5) is 11.4 Å². The minimum atomic E-state index is -1.51. The Morgan fingerprint density at radius 1 is 0.679 bits per heavy atom. The summed E-state index contributed by atoms with van der Waals surface area (Å²) in [7, 11) is 0. The quantitative estimate of drug-likeness (QED) is 0.247. The molecule has 12 heteroatoms. The second-order valence-electron chi connectivity index (χ2n) is 5.57.